The number of aromatic nitrogens is 1. The Bertz CT molecular complexity index is 794. The highest BCUT2D eigenvalue weighted by Crippen LogP contribution is 2.09. The molecule has 0 radical (unpaired) electrons. The van der Waals surface area contributed by atoms with Gasteiger partial charge in [0, 0.05) is 37.7 Å². The molecular weight excluding hydrogens is 328 g/mol. The van der Waals surface area contributed by atoms with Crippen molar-refractivity contribution in [1.82, 2.24) is 10.3 Å². The molecule has 0 fully saturated rings. The number of amides is 1. The fourth-order valence-corrected chi connectivity index (χ4v) is 2.41. The summed E-state index contributed by atoms with van der Waals surface area (Å²) in [5.74, 6) is 0.287. The quantitative estimate of drug-likeness (QED) is 0.535. The normalized spacial score (nSPS) is 10.0. The van der Waals surface area contributed by atoms with Gasteiger partial charge in [-0.2, -0.15) is 5.26 Å². The van der Waals surface area contributed by atoms with Crippen molar-refractivity contribution in [3.05, 3.63) is 59.3 Å². The molecule has 0 bridgehead atoms. The van der Waals surface area contributed by atoms with Gasteiger partial charge >= 0.3 is 0 Å². The van der Waals surface area contributed by atoms with Crippen molar-refractivity contribution in [3.8, 4) is 6.07 Å². The number of rotatable bonds is 9. The first kappa shape index (κ1) is 19.1. The number of anilines is 1. The molecular formula is C20H22N4O2. The smallest absolute Gasteiger partial charge is 0.220 e. The topological polar surface area (TPSA) is 94.9 Å². The third kappa shape index (κ3) is 5.71. The number of hydrogen-bond donors (Lipinski definition) is 2. The molecule has 26 heavy (non-hydrogen) atoms. The van der Waals surface area contributed by atoms with Crippen molar-refractivity contribution in [3.63, 3.8) is 0 Å². The predicted molar refractivity (Wildman–Crippen MR) is 99.8 cm³/mol. The third-order valence-electron chi connectivity index (χ3n) is 3.93. The summed E-state index contributed by atoms with van der Waals surface area (Å²) in [6.45, 7) is 2.90. The SMILES string of the molecule is CCc1ccc(C(=O)CCC(=O)NCCNc2ncccc2C#N)cc1. The highest BCUT2D eigenvalue weighted by Gasteiger charge is 2.09. The zero-order valence-electron chi connectivity index (χ0n) is 14.8. The number of pyridine rings is 1. The molecule has 6 heteroatoms. The van der Waals surface area contributed by atoms with Crippen LogP contribution in [0.15, 0.2) is 42.6 Å². The van der Waals surface area contributed by atoms with Gasteiger partial charge < -0.3 is 10.6 Å². The summed E-state index contributed by atoms with van der Waals surface area (Å²) in [5.41, 5.74) is 2.27. The van der Waals surface area contributed by atoms with Crippen molar-refractivity contribution in [1.29, 1.82) is 5.26 Å². The molecule has 0 aliphatic carbocycles. The van der Waals surface area contributed by atoms with Crippen molar-refractivity contribution in [2.24, 2.45) is 0 Å². The maximum atomic E-state index is 12.1. The van der Waals surface area contributed by atoms with Crippen molar-refractivity contribution >= 4 is 17.5 Å². The molecule has 134 valence electrons. The average Bonchev–Trinajstić information content (AvgIpc) is 2.69. The fourth-order valence-electron chi connectivity index (χ4n) is 2.41. The fraction of sp³-hybridized carbons (Fsp3) is 0.300. The van der Waals surface area contributed by atoms with Gasteiger partial charge in [-0.1, -0.05) is 31.2 Å². The monoisotopic (exact) mass is 350 g/mol. The van der Waals surface area contributed by atoms with Crippen LogP contribution in [0.25, 0.3) is 0 Å². The number of Topliss-reactive ketones (excluding diaryl/α,β-unsaturated/α-hetero) is 1. The molecule has 0 unspecified atom stereocenters. The lowest BCUT2D eigenvalue weighted by Crippen LogP contribution is -2.29. The standard InChI is InChI=1S/C20H22N4O2/c1-2-15-5-7-16(8-6-15)18(25)9-10-19(26)22-12-13-24-20-17(14-21)4-3-11-23-20/h3-8,11H,2,9-10,12-13H2,1H3,(H,22,26)(H,23,24). The van der Waals surface area contributed by atoms with E-state index in [9.17, 15) is 9.59 Å². The number of carbonyl (C=O) groups excluding carboxylic acids is 2. The molecule has 1 aromatic carbocycles. The molecule has 6 nitrogen and oxygen atoms in total. The van der Waals surface area contributed by atoms with E-state index in [4.69, 9.17) is 5.26 Å². The van der Waals surface area contributed by atoms with E-state index in [1.165, 1.54) is 5.56 Å². The second-order valence-corrected chi connectivity index (χ2v) is 5.76. The number of carbonyl (C=O) groups is 2. The Morgan fingerprint density at radius 1 is 1.12 bits per heavy atom. The molecule has 1 aromatic heterocycles. The lowest BCUT2D eigenvalue weighted by atomic mass is 10.0. The Balaban J connectivity index is 1.68. The van der Waals surface area contributed by atoms with E-state index in [2.05, 4.69) is 28.6 Å². The van der Waals surface area contributed by atoms with Gasteiger partial charge in [0.25, 0.3) is 0 Å². The summed E-state index contributed by atoms with van der Waals surface area (Å²) >= 11 is 0. The van der Waals surface area contributed by atoms with E-state index in [-0.39, 0.29) is 24.5 Å². The minimum Gasteiger partial charge on any atom is -0.367 e. The Labute approximate surface area is 153 Å². The van der Waals surface area contributed by atoms with Gasteiger partial charge in [0.1, 0.15) is 11.9 Å². The lowest BCUT2D eigenvalue weighted by molar-refractivity contribution is -0.120. The number of nitrogens with zero attached hydrogens (tertiary/aromatic N) is 2. The van der Waals surface area contributed by atoms with Gasteiger partial charge in [0.2, 0.25) is 5.91 Å². The van der Waals surface area contributed by atoms with Gasteiger partial charge in [-0.15, -0.1) is 0 Å². The molecule has 0 saturated carbocycles. The molecule has 2 N–H and O–H groups in total. The second-order valence-electron chi connectivity index (χ2n) is 5.76. The average molecular weight is 350 g/mol. The Kier molecular flexibility index (Phi) is 7.31. The first-order valence-electron chi connectivity index (χ1n) is 8.62. The summed E-state index contributed by atoms with van der Waals surface area (Å²) in [5, 5.41) is 14.7. The van der Waals surface area contributed by atoms with Gasteiger partial charge in [-0.25, -0.2) is 4.98 Å². The number of aryl methyl sites for hydroxylation is 1. The highest BCUT2D eigenvalue weighted by atomic mass is 16.2. The first-order valence-corrected chi connectivity index (χ1v) is 8.62. The Morgan fingerprint density at radius 2 is 1.88 bits per heavy atom. The summed E-state index contributed by atoms with van der Waals surface area (Å²) in [7, 11) is 0. The van der Waals surface area contributed by atoms with E-state index in [1.54, 1.807) is 18.3 Å². The van der Waals surface area contributed by atoms with Crippen LogP contribution in [0.3, 0.4) is 0 Å². The molecule has 0 saturated heterocycles. The van der Waals surface area contributed by atoms with Gasteiger partial charge in [-0.3, -0.25) is 9.59 Å². The van der Waals surface area contributed by atoms with Crippen molar-refractivity contribution < 1.29 is 9.59 Å². The summed E-state index contributed by atoms with van der Waals surface area (Å²) in [6, 6.07) is 12.9. The van der Waals surface area contributed by atoms with Crippen LogP contribution in [0.1, 0.15) is 41.3 Å². The van der Waals surface area contributed by atoms with Crippen molar-refractivity contribution in [2.45, 2.75) is 26.2 Å². The lowest BCUT2D eigenvalue weighted by Gasteiger charge is -2.08. The van der Waals surface area contributed by atoms with E-state index in [1.807, 2.05) is 24.3 Å². The van der Waals surface area contributed by atoms with Crippen LogP contribution in [-0.4, -0.2) is 29.8 Å². The van der Waals surface area contributed by atoms with Crippen LogP contribution in [0.2, 0.25) is 0 Å². The van der Waals surface area contributed by atoms with Crippen LogP contribution in [-0.2, 0) is 11.2 Å². The number of nitrogens with one attached hydrogen (secondary N) is 2. The minimum atomic E-state index is -0.174. The molecule has 0 spiro atoms. The predicted octanol–water partition coefficient (Wildman–Crippen LogP) is 2.71. The number of nitriles is 1. The number of ketones is 1. The van der Waals surface area contributed by atoms with Gasteiger partial charge in [0.05, 0.1) is 5.56 Å². The van der Waals surface area contributed by atoms with Crippen LogP contribution < -0.4 is 10.6 Å². The van der Waals surface area contributed by atoms with Gasteiger partial charge in [-0.05, 0) is 24.1 Å². The largest absolute Gasteiger partial charge is 0.367 e. The second kappa shape index (κ2) is 9.94. The van der Waals surface area contributed by atoms with E-state index in [0.29, 0.717) is 30.0 Å². The molecule has 1 amide bonds. The zero-order chi connectivity index (χ0) is 18.8. The molecule has 2 aromatic rings. The molecule has 1 heterocycles. The first-order chi connectivity index (χ1) is 12.6. The van der Waals surface area contributed by atoms with E-state index in [0.717, 1.165) is 6.42 Å². The highest BCUT2D eigenvalue weighted by molar-refractivity contribution is 5.97. The molecule has 2 rings (SSSR count). The zero-order valence-corrected chi connectivity index (χ0v) is 14.8. The maximum absolute atomic E-state index is 12.1. The van der Waals surface area contributed by atoms with Crippen LogP contribution in [0.4, 0.5) is 5.82 Å². The summed E-state index contributed by atoms with van der Waals surface area (Å²) in [4.78, 5) is 28.0. The Morgan fingerprint density at radius 3 is 2.58 bits per heavy atom. The van der Waals surface area contributed by atoms with E-state index < -0.39 is 0 Å². The Hall–Kier alpha value is -3.20. The van der Waals surface area contributed by atoms with Crippen LogP contribution in [0, 0.1) is 11.3 Å². The maximum Gasteiger partial charge on any atom is 0.220 e. The minimum absolute atomic E-state index is 0.0342. The molecule has 0 atom stereocenters. The third-order valence-corrected chi connectivity index (χ3v) is 3.93. The van der Waals surface area contributed by atoms with Crippen LogP contribution >= 0.6 is 0 Å². The number of benzene rings is 1. The van der Waals surface area contributed by atoms with Gasteiger partial charge in [0.15, 0.2) is 5.78 Å². The molecule has 0 aliphatic heterocycles. The summed E-state index contributed by atoms with van der Waals surface area (Å²) < 4.78 is 0. The number of hydrogen-bond acceptors (Lipinski definition) is 5. The summed E-state index contributed by atoms with van der Waals surface area (Å²) in [6.07, 6.45) is 2.87. The van der Waals surface area contributed by atoms with Crippen LogP contribution in [0.5, 0.6) is 0 Å². The molecule has 0 aliphatic rings. The van der Waals surface area contributed by atoms with E-state index >= 15 is 0 Å². The van der Waals surface area contributed by atoms with Crippen molar-refractivity contribution in [2.75, 3.05) is 18.4 Å².